The molecule has 0 radical (unpaired) electrons. The molecule has 9 nitrogen and oxygen atoms in total. The standard InChI is InChI=1S/C14H28NO8P/c1-10(2)22-13(16)20-8-24(18,7-19-12(5)6-15)9-21-14(17)23-11(3)4/h10-12H,6-9,15H2,1-5H3/t12-/m1/s1. The highest BCUT2D eigenvalue weighted by molar-refractivity contribution is 7.63. The summed E-state index contributed by atoms with van der Waals surface area (Å²) >= 11 is 0. The number of carbonyl (C=O) groups excluding carboxylic acids is 2. The summed E-state index contributed by atoms with van der Waals surface area (Å²) in [7, 11) is -3.30. The largest absolute Gasteiger partial charge is 0.508 e. The van der Waals surface area contributed by atoms with Crippen molar-refractivity contribution in [2.75, 3.05) is 25.6 Å². The molecule has 0 amide bonds. The molecule has 0 fully saturated rings. The SMILES string of the molecule is CC(C)OC(=O)OCP(=O)(COC(=O)OC(C)C)CO[C@H](C)CN. The number of ether oxygens (including phenoxy) is 5. The first kappa shape index (κ1) is 22.7. The van der Waals surface area contributed by atoms with Gasteiger partial charge in [-0.15, -0.1) is 0 Å². The van der Waals surface area contributed by atoms with Crippen molar-refractivity contribution in [2.24, 2.45) is 5.73 Å². The zero-order valence-corrected chi connectivity index (χ0v) is 15.7. The molecular formula is C14H28NO8P. The van der Waals surface area contributed by atoms with Gasteiger partial charge >= 0.3 is 12.3 Å². The molecule has 1 atom stereocenters. The minimum absolute atomic E-state index is 0.229. The van der Waals surface area contributed by atoms with Gasteiger partial charge in [-0.25, -0.2) is 9.59 Å². The van der Waals surface area contributed by atoms with Crippen LogP contribution in [0.1, 0.15) is 34.6 Å². The van der Waals surface area contributed by atoms with Gasteiger partial charge in [0.15, 0.2) is 19.8 Å². The van der Waals surface area contributed by atoms with Gasteiger partial charge in [-0.2, -0.15) is 0 Å². The van der Waals surface area contributed by atoms with Crippen molar-refractivity contribution >= 4 is 19.5 Å². The van der Waals surface area contributed by atoms with Crippen LogP contribution >= 0.6 is 7.14 Å². The number of hydrogen-bond acceptors (Lipinski definition) is 9. The third kappa shape index (κ3) is 11.3. The summed E-state index contributed by atoms with van der Waals surface area (Å²) < 4.78 is 37.4. The smallest absolute Gasteiger partial charge is 0.432 e. The summed E-state index contributed by atoms with van der Waals surface area (Å²) in [4.78, 5) is 22.8. The van der Waals surface area contributed by atoms with E-state index in [2.05, 4.69) is 0 Å². The summed E-state index contributed by atoms with van der Waals surface area (Å²) in [6, 6.07) is 0. The summed E-state index contributed by atoms with van der Waals surface area (Å²) in [6.07, 6.45) is -4.22. The number of carbonyl (C=O) groups is 2. The molecule has 24 heavy (non-hydrogen) atoms. The first-order valence-corrected chi connectivity index (χ1v) is 9.89. The van der Waals surface area contributed by atoms with E-state index in [1.807, 2.05) is 0 Å². The Bertz CT molecular complexity index is 410. The highest BCUT2D eigenvalue weighted by Crippen LogP contribution is 2.46. The van der Waals surface area contributed by atoms with Crippen LogP contribution in [0.25, 0.3) is 0 Å². The fraction of sp³-hybridized carbons (Fsp3) is 0.857. The van der Waals surface area contributed by atoms with Gasteiger partial charge in [-0.3, -0.25) is 0 Å². The van der Waals surface area contributed by atoms with Crippen molar-refractivity contribution in [3.8, 4) is 0 Å². The fourth-order valence-corrected chi connectivity index (χ4v) is 2.67. The van der Waals surface area contributed by atoms with Crippen molar-refractivity contribution in [1.82, 2.24) is 0 Å². The molecule has 0 heterocycles. The Morgan fingerprint density at radius 2 is 1.29 bits per heavy atom. The van der Waals surface area contributed by atoms with Crippen LogP contribution in [-0.4, -0.2) is 56.2 Å². The van der Waals surface area contributed by atoms with E-state index < -0.39 is 32.1 Å². The van der Waals surface area contributed by atoms with Crippen LogP contribution in [0.15, 0.2) is 0 Å². The van der Waals surface area contributed by atoms with Gasteiger partial charge in [0.05, 0.1) is 18.3 Å². The van der Waals surface area contributed by atoms with Crippen LogP contribution in [0.2, 0.25) is 0 Å². The average molecular weight is 369 g/mol. The van der Waals surface area contributed by atoms with Crippen molar-refractivity contribution in [3.63, 3.8) is 0 Å². The van der Waals surface area contributed by atoms with Crippen LogP contribution in [0, 0.1) is 0 Å². The lowest BCUT2D eigenvalue weighted by Crippen LogP contribution is -2.23. The van der Waals surface area contributed by atoms with E-state index >= 15 is 0 Å². The zero-order chi connectivity index (χ0) is 18.8. The van der Waals surface area contributed by atoms with E-state index in [0.29, 0.717) is 0 Å². The second-order valence-corrected chi connectivity index (χ2v) is 8.67. The third-order valence-corrected chi connectivity index (χ3v) is 4.24. The maximum Gasteiger partial charge on any atom is 0.508 e. The molecule has 142 valence electrons. The maximum absolute atomic E-state index is 12.8. The minimum Gasteiger partial charge on any atom is -0.432 e. The third-order valence-electron chi connectivity index (χ3n) is 2.43. The lowest BCUT2D eigenvalue weighted by molar-refractivity contribution is 0.0382. The highest BCUT2D eigenvalue weighted by atomic mass is 31.2. The Kier molecular flexibility index (Phi) is 10.7. The van der Waals surface area contributed by atoms with Crippen LogP contribution in [0.3, 0.4) is 0 Å². The zero-order valence-electron chi connectivity index (χ0n) is 14.9. The van der Waals surface area contributed by atoms with Gasteiger partial charge in [-0.05, 0) is 34.6 Å². The summed E-state index contributed by atoms with van der Waals surface area (Å²) in [5.74, 6) is 0. The van der Waals surface area contributed by atoms with Gasteiger partial charge < -0.3 is 34.0 Å². The molecule has 0 aromatic rings. The first-order valence-electron chi connectivity index (χ1n) is 7.63. The molecule has 0 rings (SSSR count). The summed E-state index contributed by atoms with van der Waals surface area (Å²) in [5.41, 5.74) is 5.43. The number of rotatable bonds is 10. The predicted molar refractivity (Wildman–Crippen MR) is 87.2 cm³/mol. The number of nitrogens with two attached hydrogens (primary N) is 1. The second kappa shape index (κ2) is 11.3. The molecule has 0 aromatic carbocycles. The van der Waals surface area contributed by atoms with E-state index in [1.54, 1.807) is 34.6 Å². The Labute approximate surface area is 142 Å². The Morgan fingerprint density at radius 3 is 1.62 bits per heavy atom. The van der Waals surface area contributed by atoms with Gasteiger partial charge in [0.1, 0.15) is 6.35 Å². The quantitative estimate of drug-likeness (QED) is 0.457. The minimum atomic E-state index is -3.30. The first-order chi connectivity index (χ1) is 11.1. The molecular weight excluding hydrogens is 341 g/mol. The van der Waals surface area contributed by atoms with Gasteiger partial charge in [-0.1, -0.05) is 0 Å². The van der Waals surface area contributed by atoms with Crippen molar-refractivity contribution < 1.29 is 37.8 Å². The fourth-order valence-electron chi connectivity index (χ4n) is 1.24. The maximum atomic E-state index is 12.8. The monoisotopic (exact) mass is 369 g/mol. The molecule has 0 bridgehead atoms. The molecule has 2 N–H and O–H groups in total. The summed E-state index contributed by atoms with van der Waals surface area (Å²) in [5, 5.41) is 0. The van der Waals surface area contributed by atoms with E-state index in [0.717, 1.165) is 0 Å². The van der Waals surface area contributed by atoms with Crippen LogP contribution in [-0.2, 0) is 28.2 Å². The average Bonchev–Trinajstić information content (AvgIpc) is 2.47. The van der Waals surface area contributed by atoms with E-state index in [9.17, 15) is 14.2 Å². The molecule has 0 unspecified atom stereocenters. The molecule has 10 heteroatoms. The number of hydrogen-bond donors (Lipinski definition) is 1. The normalized spacial score (nSPS) is 12.8. The summed E-state index contributed by atoms with van der Waals surface area (Å²) in [6.45, 7) is 8.53. The Hall–Kier alpha value is -1.31. The van der Waals surface area contributed by atoms with Crippen LogP contribution in [0.5, 0.6) is 0 Å². The van der Waals surface area contributed by atoms with Crippen molar-refractivity contribution in [3.05, 3.63) is 0 Å². The predicted octanol–water partition coefficient (Wildman–Crippen LogP) is 2.71. The van der Waals surface area contributed by atoms with Crippen LogP contribution < -0.4 is 5.73 Å². The molecule has 0 aliphatic heterocycles. The Morgan fingerprint density at radius 1 is 0.875 bits per heavy atom. The molecule has 0 aliphatic rings. The molecule has 0 aromatic heterocycles. The molecule has 0 aliphatic carbocycles. The van der Waals surface area contributed by atoms with Gasteiger partial charge in [0.25, 0.3) is 0 Å². The second-order valence-electron chi connectivity index (χ2n) is 5.78. The molecule has 0 saturated heterocycles. The Balaban J connectivity index is 4.66. The van der Waals surface area contributed by atoms with E-state index in [4.69, 9.17) is 29.4 Å². The van der Waals surface area contributed by atoms with Gasteiger partial charge in [0, 0.05) is 6.54 Å². The topological polar surface area (TPSA) is 123 Å². The lowest BCUT2D eigenvalue weighted by Gasteiger charge is -2.20. The van der Waals surface area contributed by atoms with E-state index in [-0.39, 0.29) is 31.2 Å². The molecule has 0 saturated carbocycles. The van der Waals surface area contributed by atoms with Crippen LogP contribution in [0.4, 0.5) is 9.59 Å². The molecule has 0 spiro atoms. The highest BCUT2D eigenvalue weighted by Gasteiger charge is 2.29. The van der Waals surface area contributed by atoms with E-state index in [1.165, 1.54) is 0 Å². The lowest BCUT2D eigenvalue weighted by atomic mass is 10.4. The van der Waals surface area contributed by atoms with Gasteiger partial charge in [0.2, 0.25) is 0 Å². The van der Waals surface area contributed by atoms with Crippen molar-refractivity contribution in [2.45, 2.75) is 52.9 Å². The van der Waals surface area contributed by atoms with Crippen molar-refractivity contribution in [1.29, 1.82) is 0 Å².